The molecule has 0 radical (unpaired) electrons. The molecule has 1 N–H and O–H groups in total. The lowest BCUT2D eigenvalue weighted by Gasteiger charge is -2.11. The third-order valence-corrected chi connectivity index (χ3v) is 4.46. The Morgan fingerprint density at radius 1 is 1.08 bits per heavy atom. The first-order chi connectivity index (χ1) is 11.2. The second-order valence-corrected chi connectivity index (χ2v) is 6.42. The van der Waals surface area contributed by atoms with Gasteiger partial charge in [0.05, 0.1) is 15.5 Å². The first kappa shape index (κ1) is 17.5. The summed E-state index contributed by atoms with van der Waals surface area (Å²) in [5.74, 6) is -4.65. The molecule has 24 heavy (non-hydrogen) atoms. The molecule has 0 fully saturated rings. The van der Waals surface area contributed by atoms with Gasteiger partial charge in [0.15, 0.2) is 0 Å². The lowest BCUT2D eigenvalue weighted by Crippen LogP contribution is -2.18. The SMILES string of the molecule is O=C(Nc1ccccc1S(=O)(=O)C(F)F)c1ccccc1[N+](=O)[O-]. The average Bonchev–Trinajstić information content (AvgIpc) is 2.55. The normalized spacial score (nSPS) is 11.3. The summed E-state index contributed by atoms with van der Waals surface area (Å²) in [6, 6.07) is 9.57. The molecular formula is C14H10F2N2O5S. The van der Waals surface area contributed by atoms with E-state index >= 15 is 0 Å². The predicted octanol–water partition coefficient (Wildman–Crippen LogP) is 2.84. The molecule has 10 heteroatoms. The van der Waals surface area contributed by atoms with E-state index in [0.717, 1.165) is 24.3 Å². The number of benzene rings is 2. The van der Waals surface area contributed by atoms with Crippen LogP contribution in [0.5, 0.6) is 0 Å². The number of carbonyl (C=O) groups is 1. The van der Waals surface area contributed by atoms with Crippen molar-refractivity contribution in [3.05, 3.63) is 64.2 Å². The molecule has 0 atom stereocenters. The molecular weight excluding hydrogens is 346 g/mol. The molecule has 0 unspecified atom stereocenters. The van der Waals surface area contributed by atoms with Crippen LogP contribution in [0.4, 0.5) is 20.2 Å². The average molecular weight is 356 g/mol. The fourth-order valence-corrected chi connectivity index (χ4v) is 2.81. The van der Waals surface area contributed by atoms with E-state index in [2.05, 4.69) is 5.32 Å². The number of hydrogen-bond donors (Lipinski definition) is 1. The van der Waals surface area contributed by atoms with Crippen LogP contribution < -0.4 is 5.32 Å². The first-order valence-corrected chi connectivity index (χ1v) is 7.95. The van der Waals surface area contributed by atoms with Crippen LogP contribution in [-0.2, 0) is 9.84 Å². The van der Waals surface area contributed by atoms with Crippen LogP contribution in [0, 0.1) is 10.1 Å². The summed E-state index contributed by atoms with van der Waals surface area (Å²) < 4.78 is 48.7. The van der Waals surface area contributed by atoms with E-state index < -0.39 is 37.0 Å². The van der Waals surface area contributed by atoms with Crippen LogP contribution in [-0.4, -0.2) is 25.0 Å². The van der Waals surface area contributed by atoms with Gasteiger partial charge in [0.25, 0.3) is 11.6 Å². The van der Waals surface area contributed by atoms with Gasteiger partial charge >= 0.3 is 5.76 Å². The van der Waals surface area contributed by atoms with Crippen molar-refractivity contribution >= 4 is 27.1 Å². The Morgan fingerprint density at radius 3 is 2.29 bits per heavy atom. The molecule has 0 aliphatic carbocycles. The molecule has 126 valence electrons. The number of carbonyl (C=O) groups excluding carboxylic acids is 1. The lowest BCUT2D eigenvalue weighted by atomic mass is 10.1. The first-order valence-electron chi connectivity index (χ1n) is 6.41. The van der Waals surface area contributed by atoms with Crippen molar-refractivity contribution in [3.8, 4) is 0 Å². The topological polar surface area (TPSA) is 106 Å². The van der Waals surface area contributed by atoms with Crippen molar-refractivity contribution in [3.63, 3.8) is 0 Å². The largest absolute Gasteiger partial charge is 0.341 e. The van der Waals surface area contributed by atoms with Gasteiger partial charge in [-0.15, -0.1) is 0 Å². The van der Waals surface area contributed by atoms with E-state index in [4.69, 9.17) is 0 Å². The highest BCUT2D eigenvalue weighted by atomic mass is 32.2. The molecule has 0 bridgehead atoms. The molecule has 0 saturated carbocycles. The van der Waals surface area contributed by atoms with Crippen LogP contribution in [0.1, 0.15) is 10.4 Å². The van der Waals surface area contributed by atoms with Gasteiger partial charge in [-0.1, -0.05) is 24.3 Å². The standard InChI is InChI=1S/C14H10F2N2O5S/c15-14(16)24(22,23)12-8-4-2-6-10(12)17-13(19)9-5-1-3-7-11(9)18(20)21/h1-8,14H,(H,17,19). The Bertz CT molecular complexity index is 900. The number of nitro benzene ring substituents is 1. The molecule has 0 aliphatic rings. The number of nitrogens with zero attached hydrogens (tertiary/aromatic N) is 1. The van der Waals surface area contributed by atoms with E-state index in [9.17, 15) is 32.1 Å². The molecule has 2 aromatic carbocycles. The summed E-state index contributed by atoms with van der Waals surface area (Å²) >= 11 is 0. The zero-order valence-corrected chi connectivity index (χ0v) is 12.7. The van der Waals surface area contributed by atoms with E-state index in [-0.39, 0.29) is 11.3 Å². The van der Waals surface area contributed by atoms with Gasteiger partial charge in [0.2, 0.25) is 9.84 Å². The van der Waals surface area contributed by atoms with Crippen LogP contribution in [0.15, 0.2) is 53.4 Å². The number of amides is 1. The summed E-state index contributed by atoms with van der Waals surface area (Å²) in [6.45, 7) is 0. The maximum atomic E-state index is 12.7. The van der Waals surface area contributed by atoms with Crippen molar-refractivity contribution in [1.82, 2.24) is 0 Å². The van der Waals surface area contributed by atoms with Crippen LogP contribution in [0.25, 0.3) is 0 Å². The molecule has 0 saturated heterocycles. The van der Waals surface area contributed by atoms with Crippen LogP contribution in [0.2, 0.25) is 0 Å². The maximum absolute atomic E-state index is 12.7. The number of alkyl halides is 2. The number of hydrogen-bond acceptors (Lipinski definition) is 5. The van der Waals surface area contributed by atoms with E-state index in [1.807, 2.05) is 0 Å². The molecule has 0 aliphatic heterocycles. The lowest BCUT2D eigenvalue weighted by molar-refractivity contribution is -0.385. The van der Waals surface area contributed by atoms with Gasteiger partial charge in [-0.2, -0.15) is 8.78 Å². The van der Waals surface area contributed by atoms with Gasteiger partial charge < -0.3 is 5.32 Å². The predicted molar refractivity (Wildman–Crippen MR) is 80.7 cm³/mol. The Morgan fingerprint density at radius 2 is 1.67 bits per heavy atom. The molecule has 0 spiro atoms. The van der Waals surface area contributed by atoms with Crippen molar-refractivity contribution in [2.75, 3.05) is 5.32 Å². The fourth-order valence-electron chi connectivity index (χ4n) is 1.93. The van der Waals surface area contributed by atoms with E-state index in [1.54, 1.807) is 0 Å². The Hall–Kier alpha value is -2.88. The fraction of sp³-hybridized carbons (Fsp3) is 0.0714. The van der Waals surface area contributed by atoms with Crippen molar-refractivity contribution in [2.45, 2.75) is 10.7 Å². The summed E-state index contributed by atoms with van der Waals surface area (Å²) in [6.07, 6.45) is 0. The second-order valence-electron chi connectivity index (χ2n) is 4.53. The number of nitro groups is 1. The second kappa shape index (κ2) is 6.71. The molecule has 0 aromatic heterocycles. The van der Waals surface area contributed by atoms with E-state index in [0.29, 0.717) is 0 Å². The van der Waals surface area contributed by atoms with Crippen LogP contribution >= 0.6 is 0 Å². The van der Waals surface area contributed by atoms with Crippen molar-refractivity contribution in [2.24, 2.45) is 0 Å². The minimum atomic E-state index is -4.94. The van der Waals surface area contributed by atoms with Gasteiger partial charge in [0.1, 0.15) is 5.56 Å². The zero-order chi connectivity index (χ0) is 17.9. The Labute approximate surface area is 135 Å². The minimum absolute atomic E-state index is 0.327. The number of anilines is 1. The third-order valence-electron chi connectivity index (χ3n) is 3.02. The molecule has 2 aromatic rings. The monoisotopic (exact) mass is 356 g/mol. The molecule has 7 nitrogen and oxygen atoms in total. The third kappa shape index (κ3) is 3.38. The molecule has 1 amide bonds. The number of nitrogens with one attached hydrogen (secondary N) is 1. The minimum Gasteiger partial charge on any atom is -0.321 e. The quantitative estimate of drug-likeness (QED) is 0.655. The number of rotatable bonds is 5. The highest BCUT2D eigenvalue weighted by Gasteiger charge is 2.30. The smallest absolute Gasteiger partial charge is 0.321 e. The number of sulfone groups is 1. The summed E-state index contributed by atoms with van der Waals surface area (Å²) in [5.41, 5.74) is -1.21. The van der Waals surface area contributed by atoms with Gasteiger partial charge in [0, 0.05) is 6.07 Å². The molecule has 2 rings (SSSR count). The summed E-state index contributed by atoms with van der Waals surface area (Å²) in [7, 11) is -4.94. The van der Waals surface area contributed by atoms with Gasteiger partial charge in [-0.25, -0.2) is 8.42 Å². The van der Waals surface area contributed by atoms with E-state index in [1.165, 1.54) is 24.3 Å². The maximum Gasteiger partial charge on any atom is 0.341 e. The number of para-hydroxylation sites is 2. The summed E-state index contributed by atoms with van der Waals surface area (Å²) in [4.78, 5) is 21.6. The summed E-state index contributed by atoms with van der Waals surface area (Å²) in [5, 5.41) is 13.1. The van der Waals surface area contributed by atoms with Crippen molar-refractivity contribution < 1.29 is 26.9 Å². The zero-order valence-electron chi connectivity index (χ0n) is 11.8. The van der Waals surface area contributed by atoms with Gasteiger partial charge in [-0.05, 0) is 18.2 Å². The Balaban J connectivity index is 2.44. The van der Waals surface area contributed by atoms with Crippen LogP contribution in [0.3, 0.4) is 0 Å². The highest BCUT2D eigenvalue weighted by Crippen LogP contribution is 2.27. The Kier molecular flexibility index (Phi) is 4.88. The number of halogens is 2. The highest BCUT2D eigenvalue weighted by molar-refractivity contribution is 7.91. The van der Waals surface area contributed by atoms with Gasteiger partial charge in [-0.3, -0.25) is 14.9 Å². The van der Waals surface area contributed by atoms with Crippen molar-refractivity contribution in [1.29, 1.82) is 0 Å². The molecule has 0 heterocycles.